The van der Waals surface area contributed by atoms with Crippen LogP contribution in [0.1, 0.15) is 31.7 Å². The summed E-state index contributed by atoms with van der Waals surface area (Å²) in [5, 5.41) is 4.26. The molecule has 1 aromatic carbocycles. The molecular weight excluding hydrogens is 346 g/mol. The van der Waals surface area contributed by atoms with Crippen LogP contribution in [0.5, 0.6) is 0 Å². The van der Waals surface area contributed by atoms with Crippen molar-refractivity contribution in [3.8, 4) is 0 Å². The number of ether oxygens (including phenoxy) is 1. The minimum Gasteiger partial charge on any atom is -0.375 e. The van der Waals surface area contributed by atoms with E-state index in [9.17, 15) is 4.79 Å². The lowest BCUT2D eigenvalue weighted by molar-refractivity contribution is -0.121. The molecule has 1 amide bonds. The largest absolute Gasteiger partial charge is 0.375 e. The van der Waals surface area contributed by atoms with Crippen molar-refractivity contribution in [3.05, 3.63) is 29.3 Å². The molecule has 0 saturated carbocycles. The van der Waals surface area contributed by atoms with Crippen LogP contribution in [-0.4, -0.2) is 53.7 Å². The zero-order chi connectivity index (χ0) is 18.1. The van der Waals surface area contributed by atoms with Crippen molar-refractivity contribution in [3.63, 3.8) is 0 Å². The molecule has 1 N–H and O–H groups in total. The van der Waals surface area contributed by atoms with Crippen LogP contribution in [-0.2, 0) is 16.0 Å². The highest BCUT2D eigenvalue weighted by Gasteiger charge is 2.38. The Balaban J connectivity index is 1.26. The summed E-state index contributed by atoms with van der Waals surface area (Å²) in [4.78, 5) is 19.5. The Labute approximate surface area is 158 Å². The number of hydrogen-bond acceptors (Lipinski definition) is 5. The van der Waals surface area contributed by atoms with Crippen molar-refractivity contribution in [1.29, 1.82) is 0 Å². The molecule has 0 radical (unpaired) electrons. The second kappa shape index (κ2) is 7.62. The third-order valence-corrected chi connectivity index (χ3v) is 6.55. The molecule has 2 saturated heterocycles. The quantitative estimate of drug-likeness (QED) is 0.876. The van der Waals surface area contributed by atoms with Gasteiger partial charge in [0, 0.05) is 38.0 Å². The summed E-state index contributed by atoms with van der Waals surface area (Å²) >= 11 is 1.69. The maximum Gasteiger partial charge on any atom is 0.220 e. The van der Waals surface area contributed by atoms with Crippen LogP contribution in [0.2, 0.25) is 0 Å². The fourth-order valence-electron chi connectivity index (χ4n) is 3.95. The molecule has 3 atom stereocenters. The molecule has 2 aliphatic rings. The molecule has 5 nitrogen and oxygen atoms in total. The summed E-state index contributed by atoms with van der Waals surface area (Å²) < 4.78 is 7.17. The molecule has 0 spiro atoms. The van der Waals surface area contributed by atoms with E-state index in [0.29, 0.717) is 30.9 Å². The van der Waals surface area contributed by atoms with Crippen LogP contribution in [0.25, 0.3) is 10.2 Å². The van der Waals surface area contributed by atoms with Crippen LogP contribution < -0.4 is 5.32 Å². The van der Waals surface area contributed by atoms with E-state index in [1.165, 1.54) is 4.70 Å². The highest BCUT2D eigenvalue weighted by atomic mass is 32.1. The van der Waals surface area contributed by atoms with Crippen molar-refractivity contribution < 1.29 is 9.53 Å². The first kappa shape index (κ1) is 17.9. The third kappa shape index (κ3) is 3.92. The van der Waals surface area contributed by atoms with Gasteiger partial charge < -0.3 is 10.1 Å². The number of nitrogens with zero attached hydrogens (tertiary/aromatic N) is 2. The maximum absolute atomic E-state index is 12.4. The molecule has 0 unspecified atom stereocenters. The minimum absolute atomic E-state index is 0.135. The number of aryl methyl sites for hydroxylation is 1. The van der Waals surface area contributed by atoms with E-state index < -0.39 is 0 Å². The zero-order valence-electron chi connectivity index (χ0n) is 15.5. The molecule has 0 aliphatic carbocycles. The van der Waals surface area contributed by atoms with Gasteiger partial charge >= 0.3 is 0 Å². The SMILES string of the molecule is CC(C)[C@H]1CN2C[C@@H](NC(=O)CCc3nc4ccccc4s3)C[C@H]2CO1. The van der Waals surface area contributed by atoms with Gasteiger partial charge in [-0.15, -0.1) is 11.3 Å². The van der Waals surface area contributed by atoms with Crippen molar-refractivity contribution in [2.75, 3.05) is 19.7 Å². The summed E-state index contributed by atoms with van der Waals surface area (Å²) in [7, 11) is 0. The molecule has 4 rings (SSSR count). The number of thiazole rings is 1. The predicted molar refractivity (Wildman–Crippen MR) is 104 cm³/mol. The van der Waals surface area contributed by atoms with Crippen LogP contribution in [0.15, 0.2) is 24.3 Å². The Hall–Kier alpha value is -1.50. The number of rotatable bonds is 5. The highest BCUT2D eigenvalue weighted by Crippen LogP contribution is 2.26. The molecule has 0 bridgehead atoms. The summed E-state index contributed by atoms with van der Waals surface area (Å²) in [6.45, 7) is 7.15. The summed E-state index contributed by atoms with van der Waals surface area (Å²) in [5.41, 5.74) is 1.03. The second-order valence-corrected chi connectivity index (χ2v) is 8.91. The van der Waals surface area contributed by atoms with Crippen LogP contribution in [0.3, 0.4) is 0 Å². The number of aromatic nitrogens is 1. The van der Waals surface area contributed by atoms with Gasteiger partial charge in [0.15, 0.2) is 0 Å². The molecule has 6 heteroatoms. The molecule has 1 aromatic heterocycles. The van der Waals surface area contributed by atoms with Gasteiger partial charge in [-0.3, -0.25) is 9.69 Å². The van der Waals surface area contributed by atoms with Gasteiger partial charge in [0.25, 0.3) is 0 Å². The topological polar surface area (TPSA) is 54.5 Å². The standard InChI is InChI=1S/C20H27N3O2S/c1-13(2)17-11-23-10-14(9-15(23)12-25-17)21-19(24)7-8-20-22-16-5-3-4-6-18(16)26-20/h3-6,13-15,17H,7-12H2,1-2H3,(H,21,24)/t14-,15-,17+/m0/s1. The zero-order valence-corrected chi connectivity index (χ0v) is 16.3. The van der Waals surface area contributed by atoms with Gasteiger partial charge in [-0.25, -0.2) is 4.98 Å². The number of carbonyl (C=O) groups is 1. The normalized spacial score (nSPS) is 26.3. The number of fused-ring (bicyclic) bond motifs is 2. The van der Waals surface area contributed by atoms with Gasteiger partial charge in [0.05, 0.1) is 27.9 Å². The van der Waals surface area contributed by atoms with E-state index in [0.717, 1.165) is 36.6 Å². The molecule has 3 heterocycles. The Bertz CT molecular complexity index is 742. The fraction of sp³-hybridized carbons (Fsp3) is 0.600. The lowest BCUT2D eigenvalue weighted by Crippen LogP contribution is -2.48. The molecule has 26 heavy (non-hydrogen) atoms. The Morgan fingerprint density at radius 1 is 1.38 bits per heavy atom. The Kier molecular flexibility index (Phi) is 5.25. The number of amides is 1. The molecule has 140 valence electrons. The van der Waals surface area contributed by atoms with Gasteiger partial charge in [0.1, 0.15) is 0 Å². The number of carbonyl (C=O) groups excluding carboxylic acids is 1. The summed E-state index contributed by atoms with van der Waals surface area (Å²) in [5.74, 6) is 0.675. The number of benzene rings is 1. The lowest BCUT2D eigenvalue weighted by Gasteiger charge is -2.36. The Morgan fingerprint density at radius 2 is 2.23 bits per heavy atom. The van der Waals surface area contributed by atoms with Gasteiger partial charge in [0.2, 0.25) is 5.91 Å². The first-order valence-electron chi connectivity index (χ1n) is 9.58. The van der Waals surface area contributed by atoms with E-state index >= 15 is 0 Å². The van der Waals surface area contributed by atoms with Crippen molar-refractivity contribution in [1.82, 2.24) is 15.2 Å². The van der Waals surface area contributed by atoms with Crippen molar-refractivity contribution >= 4 is 27.5 Å². The van der Waals surface area contributed by atoms with E-state index in [1.807, 2.05) is 18.2 Å². The van der Waals surface area contributed by atoms with Crippen LogP contribution in [0, 0.1) is 5.92 Å². The second-order valence-electron chi connectivity index (χ2n) is 7.80. The van der Waals surface area contributed by atoms with Gasteiger partial charge in [-0.05, 0) is 24.5 Å². The van der Waals surface area contributed by atoms with Crippen LogP contribution in [0.4, 0.5) is 0 Å². The van der Waals surface area contributed by atoms with Gasteiger partial charge in [-0.1, -0.05) is 26.0 Å². The summed E-state index contributed by atoms with van der Waals surface area (Å²) in [6.07, 6.45) is 2.53. The molecule has 2 aromatic rings. The average molecular weight is 374 g/mol. The number of morpholine rings is 1. The first-order chi connectivity index (χ1) is 12.6. The van der Waals surface area contributed by atoms with Crippen molar-refractivity contribution in [2.45, 2.75) is 51.3 Å². The van der Waals surface area contributed by atoms with Crippen LogP contribution >= 0.6 is 11.3 Å². The van der Waals surface area contributed by atoms with E-state index in [2.05, 4.69) is 35.1 Å². The average Bonchev–Trinajstić information content (AvgIpc) is 3.21. The third-order valence-electron chi connectivity index (χ3n) is 5.46. The fourth-order valence-corrected chi connectivity index (χ4v) is 4.92. The van der Waals surface area contributed by atoms with Crippen molar-refractivity contribution in [2.24, 2.45) is 5.92 Å². The smallest absolute Gasteiger partial charge is 0.220 e. The lowest BCUT2D eigenvalue weighted by atomic mass is 10.0. The Morgan fingerprint density at radius 3 is 3.04 bits per heavy atom. The molecule has 2 aliphatic heterocycles. The van der Waals surface area contributed by atoms with E-state index in [-0.39, 0.29) is 11.9 Å². The minimum atomic E-state index is 0.135. The van der Waals surface area contributed by atoms with E-state index in [4.69, 9.17) is 4.74 Å². The number of para-hydroxylation sites is 1. The first-order valence-corrected chi connectivity index (χ1v) is 10.4. The predicted octanol–water partition coefficient (Wildman–Crippen LogP) is 2.84. The maximum atomic E-state index is 12.4. The monoisotopic (exact) mass is 373 g/mol. The summed E-state index contributed by atoms with van der Waals surface area (Å²) in [6, 6.07) is 8.84. The highest BCUT2D eigenvalue weighted by molar-refractivity contribution is 7.18. The molecular formula is C20H27N3O2S. The van der Waals surface area contributed by atoms with Gasteiger partial charge in [-0.2, -0.15) is 0 Å². The number of nitrogens with one attached hydrogen (secondary N) is 1. The molecule has 2 fully saturated rings. The van der Waals surface area contributed by atoms with E-state index in [1.54, 1.807) is 11.3 Å². The number of hydrogen-bond donors (Lipinski definition) is 1.